The predicted octanol–water partition coefficient (Wildman–Crippen LogP) is 4.44. The predicted molar refractivity (Wildman–Crippen MR) is 94.9 cm³/mol. The summed E-state index contributed by atoms with van der Waals surface area (Å²) in [6, 6.07) is 14.1. The summed E-state index contributed by atoms with van der Waals surface area (Å²) in [7, 11) is 0. The van der Waals surface area contributed by atoms with Gasteiger partial charge in [-0.1, -0.05) is 17.7 Å². The first-order valence-corrected chi connectivity index (χ1v) is 8.11. The van der Waals surface area contributed by atoms with Gasteiger partial charge in [-0.3, -0.25) is 14.7 Å². The fourth-order valence-corrected chi connectivity index (χ4v) is 3.04. The number of carbonyl (C=O) groups excluding carboxylic acids is 1. The van der Waals surface area contributed by atoms with Crippen molar-refractivity contribution in [3.8, 4) is 0 Å². The second-order valence-corrected chi connectivity index (χ2v) is 6.12. The Morgan fingerprint density at radius 2 is 1.85 bits per heavy atom. The number of anilines is 2. The number of aryl methyl sites for hydroxylation is 1. The average molecular weight is 351 g/mol. The Morgan fingerprint density at radius 1 is 1.08 bits per heavy atom. The number of nitrogens with zero attached hydrogens (tertiary/aromatic N) is 2. The molecule has 0 radical (unpaired) electrons. The van der Waals surface area contributed by atoms with E-state index in [0.717, 1.165) is 17.7 Å². The van der Waals surface area contributed by atoms with Gasteiger partial charge in [0.2, 0.25) is 0 Å². The number of hydrogen-bond acceptors (Lipinski definition) is 3. The van der Waals surface area contributed by atoms with Crippen LogP contribution in [0.1, 0.15) is 27.8 Å². The summed E-state index contributed by atoms with van der Waals surface area (Å²) in [5.41, 5.74) is 2.78. The highest BCUT2D eigenvalue weighted by molar-refractivity contribution is 6.11. The normalized spacial score (nSPS) is 15.9. The molecule has 0 unspecified atom stereocenters. The molecule has 0 saturated heterocycles. The van der Waals surface area contributed by atoms with E-state index in [1.165, 1.54) is 11.0 Å². The zero-order valence-corrected chi connectivity index (χ0v) is 13.9. The number of nitrogens with one attached hydrogen (secondary N) is 1. The molecule has 1 N–H and O–H groups in total. The molecule has 0 bridgehead atoms. The number of aromatic nitrogens is 1. The summed E-state index contributed by atoms with van der Waals surface area (Å²) in [6.45, 7) is 1.95. The number of hydrogen-bond donors (Lipinski definition) is 1. The van der Waals surface area contributed by atoms with Crippen LogP contribution in [0.4, 0.5) is 20.2 Å². The first-order chi connectivity index (χ1) is 12.5. The van der Waals surface area contributed by atoms with Crippen LogP contribution in [0.25, 0.3) is 0 Å². The molecule has 1 amide bonds. The number of amides is 1. The first-order valence-electron chi connectivity index (χ1n) is 8.11. The first kappa shape index (κ1) is 16.2. The molecule has 3 aromatic rings. The van der Waals surface area contributed by atoms with Crippen molar-refractivity contribution in [2.45, 2.75) is 13.1 Å². The van der Waals surface area contributed by atoms with Gasteiger partial charge in [0.15, 0.2) is 6.17 Å². The number of benzene rings is 2. The largest absolute Gasteiger partial charge is 0.357 e. The molecule has 2 heterocycles. The van der Waals surface area contributed by atoms with Crippen molar-refractivity contribution < 1.29 is 13.6 Å². The molecule has 0 aliphatic carbocycles. The second kappa shape index (κ2) is 6.22. The molecule has 130 valence electrons. The summed E-state index contributed by atoms with van der Waals surface area (Å²) in [5, 5.41) is 2.99. The quantitative estimate of drug-likeness (QED) is 0.759. The summed E-state index contributed by atoms with van der Waals surface area (Å²) >= 11 is 0. The lowest BCUT2D eigenvalue weighted by Gasteiger charge is -2.26. The van der Waals surface area contributed by atoms with Gasteiger partial charge in [-0.2, -0.15) is 0 Å². The topological polar surface area (TPSA) is 45.2 Å². The van der Waals surface area contributed by atoms with Crippen molar-refractivity contribution in [3.05, 3.63) is 89.2 Å². The number of fused-ring (bicyclic) bond motifs is 1. The van der Waals surface area contributed by atoms with Gasteiger partial charge in [-0.25, -0.2) is 8.78 Å². The molecule has 4 nitrogen and oxygen atoms in total. The fourth-order valence-electron chi connectivity index (χ4n) is 3.04. The standard InChI is InChI=1S/C20H15F2N3O/c1-12-4-7-14(8-5-12)25-19(18-15(20(25)26)3-2-10-23-18)24-17-9-6-13(21)11-16(17)22/h2-11,19,24H,1H3/t19-/m1/s1. The Morgan fingerprint density at radius 3 is 2.58 bits per heavy atom. The van der Waals surface area contributed by atoms with E-state index in [-0.39, 0.29) is 11.6 Å². The molecule has 1 atom stereocenters. The van der Waals surface area contributed by atoms with E-state index in [1.54, 1.807) is 18.3 Å². The van der Waals surface area contributed by atoms with E-state index >= 15 is 0 Å². The lowest BCUT2D eigenvalue weighted by Crippen LogP contribution is -2.32. The van der Waals surface area contributed by atoms with E-state index in [2.05, 4.69) is 10.3 Å². The van der Waals surface area contributed by atoms with E-state index in [0.29, 0.717) is 16.9 Å². The van der Waals surface area contributed by atoms with Crippen molar-refractivity contribution in [2.75, 3.05) is 10.2 Å². The molecule has 1 aliphatic rings. The van der Waals surface area contributed by atoms with Gasteiger partial charge < -0.3 is 5.32 Å². The minimum atomic E-state index is -0.731. The second-order valence-electron chi connectivity index (χ2n) is 6.12. The van der Waals surface area contributed by atoms with Crippen LogP contribution in [-0.4, -0.2) is 10.9 Å². The van der Waals surface area contributed by atoms with Gasteiger partial charge in [0.05, 0.1) is 16.9 Å². The Kier molecular flexibility index (Phi) is 3.88. The summed E-state index contributed by atoms with van der Waals surface area (Å²) in [6.07, 6.45) is 0.891. The average Bonchev–Trinajstić information content (AvgIpc) is 2.91. The lowest BCUT2D eigenvalue weighted by atomic mass is 10.2. The third-order valence-corrected chi connectivity index (χ3v) is 4.34. The zero-order chi connectivity index (χ0) is 18.3. The molecule has 1 aliphatic heterocycles. The molecule has 0 spiro atoms. The Balaban J connectivity index is 1.79. The monoisotopic (exact) mass is 351 g/mol. The molecule has 6 heteroatoms. The number of halogens is 2. The highest BCUT2D eigenvalue weighted by Gasteiger charge is 2.39. The molecular formula is C20H15F2N3O. The zero-order valence-electron chi connectivity index (χ0n) is 13.9. The Hall–Kier alpha value is -3.28. The summed E-state index contributed by atoms with van der Waals surface area (Å²) in [4.78, 5) is 18.7. The number of carbonyl (C=O) groups is 1. The minimum Gasteiger partial charge on any atom is -0.357 e. The van der Waals surface area contributed by atoms with Crippen LogP contribution >= 0.6 is 0 Å². The minimum absolute atomic E-state index is 0.0971. The van der Waals surface area contributed by atoms with E-state index in [9.17, 15) is 13.6 Å². The van der Waals surface area contributed by atoms with Crippen molar-refractivity contribution in [1.29, 1.82) is 0 Å². The van der Waals surface area contributed by atoms with Gasteiger partial charge in [-0.05, 0) is 43.3 Å². The Bertz CT molecular complexity index is 989. The van der Waals surface area contributed by atoms with Crippen LogP contribution in [0.15, 0.2) is 60.8 Å². The molecule has 0 fully saturated rings. The van der Waals surface area contributed by atoms with E-state index in [1.807, 2.05) is 31.2 Å². The maximum absolute atomic E-state index is 14.1. The van der Waals surface area contributed by atoms with Crippen LogP contribution in [0.3, 0.4) is 0 Å². The van der Waals surface area contributed by atoms with Gasteiger partial charge >= 0.3 is 0 Å². The number of rotatable bonds is 3. The molecule has 2 aromatic carbocycles. The molecular weight excluding hydrogens is 336 g/mol. The van der Waals surface area contributed by atoms with Crippen LogP contribution in [-0.2, 0) is 0 Å². The highest BCUT2D eigenvalue weighted by Crippen LogP contribution is 2.37. The van der Waals surface area contributed by atoms with Crippen LogP contribution < -0.4 is 10.2 Å². The van der Waals surface area contributed by atoms with Crippen LogP contribution in [0.5, 0.6) is 0 Å². The van der Waals surface area contributed by atoms with Crippen LogP contribution in [0.2, 0.25) is 0 Å². The van der Waals surface area contributed by atoms with Crippen molar-refractivity contribution in [3.63, 3.8) is 0 Å². The lowest BCUT2D eigenvalue weighted by molar-refractivity contribution is 0.0993. The van der Waals surface area contributed by atoms with Crippen LogP contribution in [0, 0.1) is 18.6 Å². The molecule has 0 saturated carbocycles. The smallest absolute Gasteiger partial charge is 0.262 e. The summed E-state index contributed by atoms with van der Waals surface area (Å²) in [5.74, 6) is -1.62. The maximum Gasteiger partial charge on any atom is 0.262 e. The summed E-state index contributed by atoms with van der Waals surface area (Å²) < 4.78 is 27.3. The van der Waals surface area contributed by atoms with Gasteiger partial charge in [0.1, 0.15) is 11.6 Å². The fraction of sp³-hybridized carbons (Fsp3) is 0.100. The molecule has 4 rings (SSSR count). The van der Waals surface area contributed by atoms with E-state index < -0.39 is 17.8 Å². The van der Waals surface area contributed by atoms with Crippen molar-refractivity contribution >= 4 is 17.3 Å². The van der Waals surface area contributed by atoms with Crippen molar-refractivity contribution in [2.24, 2.45) is 0 Å². The molecule has 1 aromatic heterocycles. The van der Waals surface area contributed by atoms with E-state index in [4.69, 9.17) is 0 Å². The van der Waals surface area contributed by atoms with Crippen molar-refractivity contribution in [1.82, 2.24) is 4.98 Å². The maximum atomic E-state index is 14.1. The third kappa shape index (κ3) is 2.69. The molecule has 26 heavy (non-hydrogen) atoms. The third-order valence-electron chi connectivity index (χ3n) is 4.34. The Labute approximate surface area is 149 Å². The highest BCUT2D eigenvalue weighted by atomic mass is 19.1. The number of pyridine rings is 1. The van der Waals surface area contributed by atoms with Gasteiger partial charge in [-0.15, -0.1) is 0 Å². The SMILES string of the molecule is Cc1ccc(N2C(=O)c3cccnc3[C@@H]2Nc2ccc(F)cc2F)cc1. The van der Waals surface area contributed by atoms with Gasteiger partial charge in [0, 0.05) is 18.0 Å². The van der Waals surface area contributed by atoms with Gasteiger partial charge in [0.25, 0.3) is 5.91 Å².